The van der Waals surface area contributed by atoms with Gasteiger partial charge in [0.2, 0.25) is 0 Å². The van der Waals surface area contributed by atoms with E-state index in [-0.39, 0.29) is 11.3 Å². The minimum absolute atomic E-state index is 0.0260. The summed E-state index contributed by atoms with van der Waals surface area (Å²) >= 11 is 0. The van der Waals surface area contributed by atoms with Gasteiger partial charge in [-0.15, -0.1) is 0 Å². The number of rotatable bonds is 4. The number of amides is 1. The van der Waals surface area contributed by atoms with Crippen molar-refractivity contribution >= 4 is 11.9 Å². The first-order chi connectivity index (χ1) is 8.34. The number of para-hydroxylation sites is 1. The second-order valence-corrected chi connectivity index (χ2v) is 4.00. The van der Waals surface area contributed by atoms with Crippen LogP contribution < -0.4 is 5.32 Å². The van der Waals surface area contributed by atoms with E-state index in [2.05, 4.69) is 5.32 Å². The van der Waals surface area contributed by atoms with Crippen molar-refractivity contribution in [1.29, 1.82) is 0 Å². The summed E-state index contributed by atoms with van der Waals surface area (Å²) in [7, 11) is 0. The van der Waals surface area contributed by atoms with E-state index >= 15 is 0 Å². The molecule has 0 saturated carbocycles. The molecule has 2 unspecified atom stereocenters. The lowest BCUT2D eigenvalue weighted by molar-refractivity contribution is -0.141. The van der Waals surface area contributed by atoms with Gasteiger partial charge in [0.05, 0.1) is 11.7 Å². The highest BCUT2D eigenvalue weighted by molar-refractivity contribution is 5.99. The van der Waals surface area contributed by atoms with Crippen LogP contribution in [0.2, 0.25) is 0 Å². The van der Waals surface area contributed by atoms with Crippen LogP contribution in [0.1, 0.15) is 22.8 Å². The number of phenolic OH excluding ortho intramolecular Hbond substituents is 1. The van der Waals surface area contributed by atoms with Gasteiger partial charge in [0, 0.05) is 0 Å². The molecule has 4 N–H and O–H groups in total. The smallest absolute Gasteiger partial charge is 0.328 e. The predicted octanol–water partition coefficient (Wildman–Crippen LogP) is 0.264. The third-order valence-electron chi connectivity index (χ3n) is 2.52. The molecule has 0 aliphatic carbocycles. The maximum absolute atomic E-state index is 11.8. The highest BCUT2D eigenvalue weighted by atomic mass is 16.4. The van der Waals surface area contributed by atoms with Gasteiger partial charge in [0.25, 0.3) is 5.91 Å². The molecule has 18 heavy (non-hydrogen) atoms. The number of aryl methyl sites for hydroxylation is 1. The number of carboxylic acid groups (broad SMARTS) is 1. The van der Waals surface area contributed by atoms with Crippen LogP contribution >= 0.6 is 0 Å². The Morgan fingerprint density at radius 1 is 1.33 bits per heavy atom. The number of phenols is 1. The molecule has 98 valence electrons. The summed E-state index contributed by atoms with van der Waals surface area (Å²) in [4.78, 5) is 22.6. The van der Waals surface area contributed by atoms with Crippen molar-refractivity contribution in [3.8, 4) is 5.75 Å². The van der Waals surface area contributed by atoms with Crippen LogP contribution in [0.3, 0.4) is 0 Å². The third kappa shape index (κ3) is 2.98. The summed E-state index contributed by atoms with van der Waals surface area (Å²) in [5.41, 5.74) is 0.480. The number of aliphatic hydroxyl groups is 1. The maximum atomic E-state index is 11.8. The van der Waals surface area contributed by atoms with E-state index in [0.29, 0.717) is 5.56 Å². The fraction of sp³-hybridized carbons (Fsp3) is 0.333. The standard InChI is InChI=1S/C12H15NO5/c1-6-4-3-5-8(10(6)15)11(16)13-9(7(2)14)12(17)18/h3-5,7,9,14-15H,1-2H3,(H,13,16)(H,17,18). The number of aliphatic hydroxyl groups excluding tert-OH is 1. The Morgan fingerprint density at radius 3 is 2.44 bits per heavy atom. The number of aliphatic carboxylic acids is 1. The average molecular weight is 253 g/mol. The molecule has 0 heterocycles. The Balaban J connectivity index is 2.94. The van der Waals surface area contributed by atoms with E-state index in [1.165, 1.54) is 13.0 Å². The van der Waals surface area contributed by atoms with Gasteiger partial charge in [0.15, 0.2) is 6.04 Å². The van der Waals surface area contributed by atoms with E-state index in [1.807, 2.05) is 0 Å². The molecule has 0 saturated heterocycles. The van der Waals surface area contributed by atoms with Crippen LogP contribution in [0, 0.1) is 6.92 Å². The Bertz CT molecular complexity index is 470. The molecule has 0 aliphatic rings. The first-order valence-corrected chi connectivity index (χ1v) is 5.35. The molecule has 0 bridgehead atoms. The zero-order chi connectivity index (χ0) is 13.9. The van der Waals surface area contributed by atoms with Crippen LogP contribution in [0.25, 0.3) is 0 Å². The topological polar surface area (TPSA) is 107 Å². The van der Waals surface area contributed by atoms with Crippen molar-refractivity contribution < 1.29 is 24.9 Å². The minimum Gasteiger partial charge on any atom is -0.507 e. The quantitative estimate of drug-likeness (QED) is 0.616. The van der Waals surface area contributed by atoms with E-state index < -0.39 is 24.0 Å². The molecule has 2 atom stereocenters. The van der Waals surface area contributed by atoms with Crippen molar-refractivity contribution in [3.05, 3.63) is 29.3 Å². The number of carboxylic acids is 1. The second kappa shape index (κ2) is 5.50. The van der Waals surface area contributed by atoms with Crippen LogP contribution in [0.15, 0.2) is 18.2 Å². The largest absolute Gasteiger partial charge is 0.507 e. The highest BCUT2D eigenvalue weighted by Crippen LogP contribution is 2.21. The van der Waals surface area contributed by atoms with Gasteiger partial charge in [-0.05, 0) is 25.5 Å². The van der Waals surface area contributed by atoms with Gasteiger partial charge in [-0.2, -0.15) is 0 Å². The van der Waals surface area contributed by atoms with Gasteiger partial charge >= 0.3 is 5.97 Å². The number of carbonyl (C=O) groups is 2. The van der Waals surface area contributed by atoms with Gasteiger partial charge in [0.1, 0.15) is 5.75 Å². The SMILES string of the molecule is Cc1cccc(C(=O)NC(C(=O)O)C(C)O)c1O. The summed E-state index contributed by atoms with van der Waals surface area (Å²) in [6, 6.07) is 3.15. The van der Waals surface area contributed by atoms with Crippen molar-refractivity contribution in [2.24, 2.45) is 0 Å². The fourth-order valence-electron chi connectivity index (χ4n) is 1.45. The molecule has 6 heteroatoms. The first kappa shape index (κ1) is 14.0. The number of hydrogen-bond donors (Lipinski definition) is 4. The lowest BCUT2D eigenvalue weighted by atomic mass is 10.1. The fourth-order valence-corrected chi connectivity index (χ4v) is 1.45. The normalized spacial score (nSPS) is 13.7. The monoisotopic (exact) mass is 253 g/mol. The molecule has 1 aromatic carbocycles. The zero-order valence-corrected chi connectivity index (χ0v) is 10.0. The molecule has 1 amide bonds. The van der Waals surface area contributed by atoms with Crippen molar-refractivity contribution in [2.75, 3.05) is 0 Å². The Hall–Kier alpha value is -2.08. The molecular formula is C12H15NO5. The molecular weight excluding hydrogens is 238 g/mol. The maximum Gasteiger partial charge on any atom is 0.328 e. The molecule has 0 fully saturated rings. The minimum atomic E-state index is -1.42. The number of carbonyl (C=O) groups excluding carboxylic acids is 1. The number of nitrogens with one attached hydrogen (secondary N) is 1. The summed E-state index contributed by atoms with van der Waals surface area (Å²) in [5.74, 6) is -2.29. The Morgan fingerprint density at radius 2 is 1.94 bits per heavy atom. The van der Waals surface area contributed by atoms with E-state index in [0.717, 1.165) is 0 Å². The molecule has 0 aliphatic heterocycles. The van der Waals surface area contributed by atoms with Crippen LogP contribution in [-0.4, -0.2) is 39.3 Å². The highest BCUT2D eigenvalue weighted by Gasteiger charge is 2.26. The van der Waals surface area contributed by atoms with E-state index in [4.69, 9.17) is 5.11 Å². The molecule has 1 rings (SSSR count). The van der Waals surface area contributed by atoms with E-state index in [1.54, 1.807) is 19.1 Å². The lowest BCUT2D eigenvalue weighted by Crippen LogP contribution is -2.47. The van der Waals surface area contributed by atoms with Gasteiger partial charge in [-0.25, -0.2) is 4.79 Å². The van der Waals surface area contributed by atoms with Crippen molar-refractivity contribution in [2.45, 2.75) is 26.0 Å². The van der Waals surface area contributed by atoms with Crippen LogP contribution in [-0.2, 0) is 4.79 Å². The summed E-state index contributed by atoms with van der Waals surface area (Å²) < 4.78 is 0. The van der Waals surface area contributed by atoms with Crippen molar-refractivity contribution in [1.82, 2.24) is 5.32 Å². The summed E-state index contributed by atoms with van der Waals surface area (Å²) in [5, 5.41) is 29.9. The molecule has 0 aromatic heterocycles. The van der Waals surface area contributed by atoms with Gasteiger partial charge in [-0.3, -0.25) is 4.79 Å². The second-order valence-electron chi connectivity index (χ2n) is 4.00. The van der Waals surface area contributed by atoms with Crippen molar-refractivity contribution in [3.63, 3.8) is 0 Å². The van der Waals surface area contributed by atoms with Gasteiger partial charge < -0.3 is 20.6 Å². The summed E-state index contributed by atoms with van der Waals surface area (Å²) in [6.45, 7) is 2.88. The van der Waals surface area contributed by atoms with Gasteiger partial charge in [-0.1, -0.05) is 12.1 Å². The van der Waals surface area contributed by atoms with Crippen LogP contribution in [0.4, 0.5) is 0 Å². The third-order valence-corrected chi connectivity index (χ3v) is 2.52. The predicted molar refractivity (Wildman–Crippen MR) is 63.4 cm³/mol. The Kier molecular flexibility index (Phi) is 4.28. The molecule has 0 radical (unpaired) electrons. The molecule has 6 nitrogen and oxygen atoms in total. The summed E-state index contributed by atoms with van der Waals surface area (Å²) in [6.07, 6.45) is -1.24. The zero-order valence-electron chi connectivity index (χ0n) is 10.0. The molecule has 1 aromatic rings. The molecule has 0 spiro atoms. The number of aromatic hydroxyl groups is 1. The average Bonchev–Trinajstić information content (AvgIpc) is 2.28. The van der Waals surface area contributed by atoms with E-state index in [9.17, 15) is 19.8 Å². The number of hydrogen-bond acceptors (Lipinski definition) is 4. The number of benzene rings is 1. The lowest BCUT2D eigenvalue weighted by Gasteiger charge is -2.17. The van der Waals surface area contributed by atoms with Crippen LogP contribution in [0.5, 0.6) is 5.75 Å². The Labute approximate surface area is 104 Å². The first-order valence-electron chi connectivity index (χ1n) is 5.35.